The highest BCUT2D eigenvalue weighted by Gasteiger charge is 2.02. The highest BCUT2D eigenvalue weighted by Crippen LogP contribution is 2.06. The Kier molecular flexibility index (Phi) is 3.39. The van der Waals surface area contributed by atoms with E-state index in [-0.39, 0.29) is 0 Å². The number of benzene rings is 1. The van der Waals surface area contributed by atoms with Crippen molar-refractivity contribution < 1.29 is 5.21 Å². The van der Waals surface area contributed by atoms with Crippen molar-refractivity contribution >= 4 is 18.1 Å². The Morgan fingerprint density at radius 3 is 3.05 bits per heavy atom. The summed E-state index contributed by atoms with van der Waals surface area (Å²) in [6.07, 6.45) is 3.60. The van der Waals surface area contributed by atoms with Gasteiger partial charge in [0.25, 0.3) is 0 Å². The number of hydrogen-bond donors (Lipinski definition) is 2. The Morgan fingerprint density at radius 1 is 1.30 bits per heavy atom. The van der Waals surface area contributed by atoms with E-state index >= 15 is 0 Å². The van der Waals surface area contributed by atoms with Gasteiger partial charge in [0, 0.05) is 6.54 Å². The van der Waals surface area contributed by atoms with E-state index in [0.29, 0.717) is 6.54 Å². The van der Waals surface area contributed by atoms with E-state index in [0.717, 1.165) is 28.0 Å². The quantitative estimate of drug-likeness (QED) is 0.878. The van der Waals surface area contributed by atoms with E-state index in [1.807, 2.05) is 18.2 Å². The van der Waals surface area contributed by atoms with Crippen LogP contribution in [-0.2, 0) is 6.54 Å². The van der Waals surface area contributed by atoms with E-state index < -0.39 is 0 Å². The van der Waals surface area contributed by atoms with Gasteiger partial charge in [0.15, 0.2) is 0 Å². The predicted octanol–water partition coefficient (Wildman–Crippen LogP) is 1.23. The molecule has 1 aromatic carbocycles. The zero-order chi connectivity index (χ0) is 13.9. The molecule has 1 aliphatic rings. The van der Waals surface area contributed by atoms with Crippen molar-refractivity contribution in [2.45, 2.75) is 13.5 Å². The second-order valence-corrected chi connectivity index (χ2v) is 4.97. The number of nitrogens with one attached hydrogen (secondary N) is 1. The lowest BCUT2D eigenvalue weighted by atomic mass is 10.1. The van der Waals surface area contributed by atoms with Crippen molar-refractivity contribution in [1.29, 1.82) is 0 Å². The number of hydrogen-bond acceptors (Lipinski definition) is 4. The normalized spacial score (nSPS) is 13.2. The summed E-state index contributed by atoms with van der Waals surface area (Å²) < 4.78 is 0. The molecule has 0 fully saturated rings. The van der Waals surface area contributed by atoms with Crippen molar-refractivity contribution in [2.75, 3.05) is 11.9 Å². The van der Waals surface area contributed by atoms with Gasteiger partial charge in [-0.15, -0.1) is 0 Å². The van der Waals surface area contributed by atoms with Crippen LogP contribution in [-0.4, -0.2) is 21.8 Å². The third kappa shape index (κ3) is 2.81. The number of pyridine rings is 1. The van der Waals surface area contributed by atoms with Crippen LogP contribution < -0.4 is 15.9 Å². The monoisotopic (exact) mass is 267 g/mol. The van der Waals surface area contributed by atoms with Gasteiger partial charge in [-0.3, -0.25) is 10.3 Å². The molecule has 0 saturated carbocycles. The lowest BCUT2D eigenvalue weighted by molar-refractivity contribution is -0.00647. The van der Waals surface area contributed by atoms with Crippen LogP contribution in [0, 0.1) is 6.92 Å². The summed E-state index contributed by atoms with van der Waals surface area (Å²) >= 11 is 0. The van der Waals surface area contributed by atoms with Gasteiger partial charge in [0.05, 0.1) is 18.1 Å². The molecule has 1 aromatic heterocycles. The molecule has 0 unspecified atom stereocenters. The Hall–Kier alpha value is -2.33. The highest BCUT2D eigenvalue weighted by molar-refractivity contribution is 5.42. The molecule has 4 nitrogen and oxygen atoms in total. The molecular formula is C16H17N3O. The van der Waals surface area contributed by atoms with Gasteiger partial charge in [-0.1, -0.05) is 35.9 Å². The number of aryl methyl sites for hydroxylation is 1. The van der Waals surface area contributed by atoms with Gasteiger partial charge in [-0.05, 0) is 29.8 Å². The summed E-state index contributed by atoms with van der Waals surface area (Å²) in [6, 6.07) is 12.4. The lowest BCUT2D eigenvalue weighted by Gasteiger charge is -2.13. The smallest absolute Gasteiger partial charge is 0.126 e. The number of aromatic nitrogens is 1. The average Bonchev–Trinajstić information content (AvgIpc) is 2.45. The fourth-order valence-corrected chi connectivity index (χ4v) is 2.26. The largest absolute Gasteiger partial charge is 0.366 e. The molecule has 0 atom stereocenters. The first-order chi connectivity index (χ1) is 9.70. The maximum atomic E-state index is 9.47. The van der Waals surface area contributed by atoms with Crippen molar-refractivity contribution in [3.8, 4) is 0 Å². The minimum absolute atomic E-state index is 0.505. The molecule has 0 amide bonds. The van der Waals surface area contributed by atoms with E-state index in [4.69, 9.17) is 0 Å². The fraction of sp³-hybridized carbons (Fsp3) is 0.188. The minimum atomic E-state index is 0.505. The number of nitrogens with zero attached hydrogens (tertiary/aromatic N) is 2. The first-order valence-electron chi connectivity index (χ1n) is 6.65. The molecule has 0 aliphatic carbocycles. The zero-order valence-corrected chi connectivity index (χ0v) is 11.4. The Labute approximate surface area is 117 Å². The maximum Gasteiger partial charge on any atom is 0.126 e. The molecule has 3 rings (SSSR count). The molecule has 0 spiro atoms. The van der Waals surface area contributed by atoms with Crippen molar-refractivity contribution in [3.63, 3.8) is 0 Å². The first kappa shape index (κ1) is 12.7. The number of anilines is 1. The van der Waals surface area contributed by atoms with Gasteiger partial charge in [0.2, 0.25) is 0 Å². The second-order valence-electron chi connectivity index (χ2n) is 4.97. The SMILES string of the molecule is Cc1cccc(CNc2ccc3c(n2)=CN(O)CC=3)c1. The maximum absolute atomic E-state index is 9.47. The van der Waals surface area contributed by atoms with Gasteiger partial charge in [0.1, 0.15) is 5.82 Å². The molecule has 20 heavy (non-hydrogen) atoms. The molecule has 2 heterocycles. The van der Waals surface area contributed by atoms with E-state index in [2.05, 4.69) is 41.5 Å². The topological polar surface area (TPSA) is 48.4 Å². The second kappa shape index (κ2) is 5.35. The molecule has 0 saturated heterocycles. The van der Waals surface area contributed by atoms with Gasteiger partial charge in [-0.25, -0.2) is 4.98 Å². The first-order valence-corrected chi connectivity index (χ1v) is 6.65. The number of fused-ring (bicyclic) bond motifs is 1. The fourth-order valence-electron chi connectivity index (χ4n) is 2.26. The molecular weight excluding hydrogens is 250 g/mol. The molecule has 0 radical (unpaired) electrons. The Bertz CT molecular complexity index is 740. The van der Waals surface area contributed by atoms with E-state index in [1.54, 1.807) is 6.20 Å². The summed E-state index contributed by atoms with van der Waals surface area (Å²) in [7, 11) is 0. The number of rotatable bonds is 3. The van der Waals surface area contributed by atoms with E-state index in [9.17, 15) is 5.21 Å². The summed E-state index contributed by atoms with van der Waals surface area (Å²) in [6.45, 7) is 3.33. The standard InChI is InChI=1S/C16H17N3O/c1-12-3-2-4-13(9-12)10-17-16-6-5-14-7-8-19(20)11-15(14)18-16/h2-7,9,11,20H,8,10H2,1H3,(H,17,18). The van der Waals surface area contributed by atoms with Crippen LogP contribution in [0.5, 0.6) is 0 Å². The van der Waals surface area contributed by atoms with Crippen LogP contribution in [0.1, 0.15) is 11.1 Å². The van der Waals surface area contributed by atoms with Crippen molar-refractivity contribution in [1.82, 2.24) is 10.0 Å². The van der Waals surface area contributed by atoms with Crippen molar-refractivity contribution in [3.05, 3.63) is 58.1 Å². The van der Waals surface area contributed by atoms with Crippen molar-refractivity contribution in [2.24, 2.45) is 0 Å². The summed E-state index contributed by atoms with van der Waals surface area (Å²) in [4.78, 5) is 4.50. The summed E-state index contributed by atoms with van der Waals surface area (Å²) in [5.74, 6) is 0.810. The predicted molar refractivity (Wildman–Crippen MR) is 79.4 cm³/mol. The summed E-state index contributed by atoms with van der Waals surface area (Å²) in [5.41, 5.74) is 2.48. The van der Waals surface area contributed by atoms with Crippen LogP contribution in [0.3, 0.4) is 0 Å². The Balaban J connectivity index is 1.79. The van der Waals surface area contributed by atoms with Crippen LogP contribution in [0.2, 0.25) is 0 Å². The molecule has 2 aromatic rings. The van der Waals surface area contributed by atoms with E-state index in [1.165, 1.54) is 11.1 Å². The van der Waals surface area contributed by atoms with Gasteiger partial charge < -0.3 is 5.32 Å². The summed E-state index contributed by atoms with van der Waals surface area (Å²) in [5, 5.41) is 15.8. The van der Waals surface area contributed by atoms with Crippen LogP contribution in [0.4, 0.5) is 5.82 Å². The molecule has 102 valence electrons. The highest BCUT2D eigenvalue weighted by atomic mass is 16.5. The van der Waals surface area contributed by atoms with Crippen LogP contribution in [0.15, 0.2) is 36.4 Å². The molecule has 2 N–H and O–H groups in total. The number of hydroxylamine groups is 2. The minimum Gasteiger partial charge on any atom is -0.366 e. The average molecular weight is 267 g/mol. The molecule has 1 aliphatic heterocycles. The third-order valence-corrected chi connectivity index (χ3v) is 3.28. The Morgan fingerprint density at radius 2 is 2.20 bits per heavy atom. The molecule has 4 heteroatoms. The molecule has 0 bridgehead atoms. The lowest BCUT2D eigenvalue weighted by Crippen LogP contribution is -2.36. The van der Waals surface area contributed by atoms with Crippen LogP contribution in [0.25, 0.3) is 12.3 Å². The third-order valence-electron chi connectivity index (χ3n) is 3.28. The van der Waals surface area contributed by atoms with Gasteiger partial charge in [-0.2, -0.15) is 0 Å². The van der Waals surface area contributed by atoms with Gasteiger partial charge >= 0.3 is 0 Å². The zero-order valence-electron chi connectivity index (χ0n) is 11.4. The van der Waals surface area contributed by atoms with Crippen LogP contribution >= 0.6 is 0 Å².